The molecule has 0 saturated heterocycles. The molecule has 0 unspecified atom stereocenters. The predicted molar refractivity (Wildman–Crippen MR) is 87.1 cm³/mol. The van der Waals surface area contributed by atoms with Crippen LogP contribution >= 0.6 is 11.8 Å². The van der Waals surface area contributed by atoms with E-state index in [0.717, 1.165) is 11.5 Å². The summed E-state index contributed by atoms with van der Waals surface area (Å²) in [5, 5.41) is 35.5. The van der Waals surface area contributed by atoms with E-state index in [1.165, 1.54) is 0 Å². The Morgan fingerprint density at radius 2 is 0.952 bits per heavy atom. The van der Waals surface area contributed by atoms with E-state index in [1.54, 1.807) is 11.8 Å². The molecule has 0 bridgehead atoms. The summed E-state index contributed by atoms with van der Waals surface area (Å²) in [5.41, 5.74) is 0. The van der Waals surface area contributed by atoms with Crippen molar-refractivity contribution >= 4 is 11.8 Å². The van der Waals surface area contributed by atoms with E-state index < -0.39 is 0 Å². The Morgan fingerprint density at radius 3 is 1.24 bits per heavy atom. The largest absolute Gasteiger partial charge is 0.395 e. The van der Waals surface area contributed by atoms with Gasteiger partial charge in [-0.05, 0) is 12.4 Å². The van der Waals surface area contributed by atoms with Gasteiger partial charge < -0.3 is 30.2 Å². The van der Waals surface area contributed by atoms with Gasteiger partial charge in [-0.25, -0.2) is 0 Å². The Morgan fingerprint density at radius 1 is 0.619 bits per heavy atom. The van der Waals surface area contributed by atoms with E-state index in [1.807, 2.05) is 34.4 Å². The Hall–Kier alpha value is -0.730. The normalized spacial score (nSPS) is 11.6. The molecule has 0 radical (unpaired) electrons. The molecule has 0 atom stereocenters. The lowest BCUT2D eigenvalue weighted by Crippen LogP contribution is -2.24. The summed E-state index contributed by atoms with van der Waals surface area (Å²) >= 11 is 1.73. The van der Waals surface area contributed by atoms with E-state index in [2.05, 4.69) is 0 Å². The van der Waals surface area contributed by atoms with Crippen LogP contribution in [0.1, 0.15) is 0 Å². The first-order valence-electron chi connectivity index (χ1n) is 7.11. The lowest BCUT2D eigenvalue weighted by molar-refractivity contribution is 0.198. The molecule has 0 spiro atoms. The summed E-state index contributed by atoms with van der Waals surface area (Å²) in [6, 6.07) is 0. The Balaban J connectivity index is 3.81. The molecule has 21 heavy (non-hydrogen) atoms. The van der Waals surface area contributed by atoms with Crippen molar-refractivity contribution < 1.29 is 20.4 Å². The molecule has 0 fully saturated rings. The summed E-state index contributed by atoms with van der Waals surface area (Å²) in [4.78, 5) is 3.75. The fourth-order valence-electron chi connectivity index (χ4n) is 1.62. The van der Waals surface area contributed by atoms with Crippen LogP contribution in [-0.2, 0) is 0 Å². The molecule has 0 aromatic rings. The summed E-state index contributed by atoms with van der Waals surface area (Å²) in [6.07, 6.45) is 7.80. The van der Waals surface area contributed by atoms with E-state index >= 15 is 0 Å². The highest BCUT2D eigenvalue weighted by atomic mass is 32.2. The van der Waals surface area contributed by atoms with Gasteiger partial charge in [-0.15, -0.1) is 0 Å². The zero-order valence-corrected chi connectivity index (χ0v) is 13.3. The van der Waals surface area contributed by atoms with Gasteiger partial charge in [0, 0.05) is 37.7 Å². The van der Waals surface area contributed by atoms with Crippen molar-refractivity contribution in [2.45, 2.75) is 0 Å². The number of hydrogen-bond donors (Lipinski definition) is 4. The van der Waals surface area contributed by atoms with E-state index in [4.69, 9.17) is 20.4 Å². The van der Waals surface area contributed by atoms with Gasteiger partial charge in [0.2, 0.25) is 0 Å². The Bertz CT molecular complexity index is 240. The zero-order valence-electron chi connectivity index (χ0n) is 12.5. The molecule has 0 rings (SSSR count). The molecule has 0 aliphatic heterocycles. The number of aliphatic hydroxyl groups is 4. The van der Waals surface area contributed by atoms with E-state index in [-0.39, 0.29) is 26.4 Å². The number of nitrogens with zero attached hydrogens (tertiary/aromatic N) is 2. The summed E-state index contributed by atoms with van der Waals surface area (Å²) in [6.45, 7) is 2.41. The van der Waals surface area contributed by atoms with E-state index in [0.29, 0.717) is 26.2 Å². The maximum Gasteiger partial charge on any atom is 0.0606 e. The standard InChI is InChI=1S/C14H28N2O4S/c17-9-5-15(6-10-18)3-1-13-21-14-2-4-16(7-11-19)8-12-20/h1-4,17-20H,5-14H2. The first kappa shape index (κ1) is 20.3. The molecule has 0 heterocycles. The number of hydrogen-bond acceptors (Lipinski definition) is 7. The van der Waals surface area contributed by atoms with Gasteiger partial charge in [-0.1, -0.05) is 12.2 Å². The monoisotopic (exact) mass is 320 g/mol. The van der Waals surface area contributed by atoms with E-state index in [9.17, 15) is 0 Å². The zero-order chi connectivity index (χ0) is 15.8. The van der Waals surface area contributed by atoms with Crippen molar-refractivity contribution in [1.29, 1.82) is 0 Å². The fraction of sp³-hybridized carbons (Fsp3) is 0.714. The quantitative estimate of drug-likeness (QED) is 0.315. The van der Waals surface area contributed by atoms with Gasteiger partial charge in [0.1, 0.15) is 0 Å². The van der Waals surface area contributed by atoms with Crippen LogP contribution in [0, 0.1) is 0 Å². The second-order valence-electron chi connectivity index (χ2n) is 4.27. The topological polar surface area (TPSA) is 87.4 Å². The minimum atomic E-state index is 0.0752. The van der Waals surface area contributed by atoms with Crippen LogP contribution in [0.2, 0.25) is 0 Å². The third-order valence-corrected chi connectivity index (χ3v) is 3.47. The first-order valence-corrected chi connectivity index (χ1v) is 8.26. The minimum absolute atomic E-state index is 0.0752. The minimum Gasteiger partial charge on any atom is -0.395 e. The van der Waals surface area contributed by atoms with Crippen LogP contribution in [0.5, 0.6) is 0 Å². The first-order chi connectivity index (χ1) is 10.3. The van der Waals surface area contributed by atoms with Crippen molar-refractivity contribution in [2.75, 3.05) is 64.1 Å². The van der Waals surface area contributed by atoms with Crippen molar-refractivity contribution in [1.82, 2.24) is 9.80 Å². The van der Waals surface area contributed by atoms with Crippen molar-refractivity contribution in [2.24, 2.45) is 0 Å². The van der Waals surface area contributed by atoms with Crippen LogP contribution in [-0.4, -0.2) is 94.3 Å². The maximum absolute atomic E-state index is 8.86. The number of thioether (sulfide) groups is 1. The highest BCUT2D eigenvalue weighted by Crippen LogP contribution is 2.02. The molecule has 0 aromatic carbocycles. The van der Waals surface area contributed by atoms with Crippen molar-refractivity contribution in [3.8, 4) is 0 Å². The van der Waals surface area contributed by atoms with Gasteiger partial charge in [0.25, 0.3) is 0 Å². The summed E-state index contributed by atoms with van der Waals surface area (Å²) in [7, 11) is 0. The van der Waals surface area contributed by atoms with Crippen molar-refractivity contribution in [3.05, 3.63) is 24.6 Å². The average molecular weight is 320 g/mol. The van der Waals surface area contributed by atoms with Gasteiger partial charge in [0.15, 0.2) is 0 Å². The fourth-order valence-corrected chi connectivity index (χ4v) is 2.20. The molecule has 0 aliphatic rings. The van der Waals surface area contributed by atoms with Gasteiger partial charge in [-0.3, -0.25) is 0 Å². The molecule has 0 saturated carbocycles. The third kappa shape index (κ3) is 12.7. The Kier molecular flexibility index (Phi) is 15.1. The van der Waals surface area contributed by atoms with Gasteiger partial charge >= 0.3 is 0 Å². The molecule has 0 aromatic heterocycles. The second kappa shape index (κ2) is 15.7. The van der Waals surface area contributed by atoms with Gasteiger partial charge in [-0.2, -0.15) is 11.8 Å². The summed E-state index contributed by atoms with van der Waals surface area (Å²) < 4.78 is 0. The third-order valence-electron chi connectivity index (χ3n) is 2.61. The molecule has 0 aliphatic carbocycles. The number of rotatable bonds is 14. The molecule has 124 valence electrons. The lowest BCUT2D eigenvalue weighted by atomic mass is 10.5. The number of aliphatic hydroxyl groups excluding tert-OH is 4. The highest BCUT2D eigenvalue weighted by Gasteiger charge is 1.96. The molecule has 7 heteroatoms. The van der Waals surface area contributed by atoms with Crippen LogP contribution in [0.4, 0.5) is 0 Å². The molecule has 4 N–H and O–H groups in total. The average Bonchev–Trinajstić information content (AvgIpc) is 2.47. The predicted octanol–water partition coefficient (Wildman–Crippen LogP) is -0.680. The van der Waals surface area contributed by atoms with Crippen molar-refractivity contribution in [3.63, 3.8) is 0 Å². The van der Waals surface area contributed by atoms with Gasteiger partial charge in [0.05, 0.1) is 26.4 Å². The second-order valence-corrected chi connectivity index (χ2v) is 5.35. The SMILES string of the molecule is OCCN(C=CCSCC=CN(CCO)CCO)CCO. The molecular weight excluding hydrogens is 292 g/mol. The van der Waals surface area contributed by atoms with Crippen LogP contribution < -0.4 is 0 Å². The highest BCUT2D eigenvalue weighted by molar-refractivity contribution is 7.99. The molecule has 0 amide bonds. The Labute approximate surface area is 131 Å². The van der Waals surface area contributed by atoms with Crippen LogP contribution in [0.25, 0.3) is 0 Å². The smallest absolute Gasteiger partial charge is 0.0606 e. The summed E-state index contributed by atoms with van der Waals surface area (Å²) in [5.74, 6) is 1.69. The van der Waals surface area contributed by atoms with Crippen LogP contribution in [0.15, 0.2) is 24.6 Å². The maximum atomic E-state index is 8.86. The lowest BCUT2D eigenvalue weighted by Gasteiger charge is -2.17. The molecule has 6 nitrogen and oxygen atoms in total. The molecular formula is C14H28N2O4S. The van der Waals surface area contributed by atoms with Crippen LogP contribution in [0.3, 0.4) is 0 Å².